The lowest BCUT2D eigenvalue weighted by atomic mass is 9.95. The van der Waals surface area contributed by atoms with Gasteiger partial charge in [-0.15, -0.1) is 0 Å². The SMILES string of the molecule is CCCCCCNCCCCCCC(=O)OCC(CCCCC)CCCCCC. The molecule has 0 amide bonds. The molecular formula is C26H53NO2. The number of hydrogen-bond acceptors (Lipinski definition) is 3. The predicted molar refractivity (Wildman–Crippen MR) is 127 cm³/mol. The molecular weight excluding hydrogens is 358 g/mol. The second kappa shape index (κ2) is 23.7. The van der Waals surface area contributed by atoms with Crippen LogP contribution >= 0.6 is 0 Å². The van der Waals surface area contributed by atoms with Gasteiger partial charge < -0.3 is 10.1 Å². The molecule has 0 spiro atoms. The molecule has 0 saturated carbocycles. The molecule has 1 unspecified atom stereocenters. The molecule has 0 fully saturated rings. The van der Waals surface area contributed by atoms with E-state index in [1.54, 1.807) is 0 Å². The summed E-state index contributed by atoms with van der Waals surface area (Å²) in [6, 6.07) is 0. The summed E-state index contributed by atoms with van der Waals surface area (Å²) in [7, 11) is 0. The van der Waals surface area contributed by atoms with Crippen LogP contribution in [0.1, 0.15) is 136 Å². The molecule has 0 aromatic rings. The highest BCUT2D eigenvalue weighted by Crippen LogP contribution is 2.19. The second-order valence-electron chi connectivity index (χ2n) is 8.87. The van der Waals surface area contributed by atoms with Gasteiger partial charge in [-0.1, -0.05) is 97.8 Å². The number of rotatable bonds is 23. The monoisotopic (exact) mass is 411 g/mol. The van der Waals surface area contributed by atoms with Crippen LogP contribution in [-0.4, -0.2) is 25.7 Å². The number of unbranched alkanes of at least 4 members (excludes halogenated alkanes) is 11. The van der Waals surface area contributed by atoms with E-state index in [0.29, 0.717) is 18.9 Å². The first-order valence-electron chi connectivity index (χ1n) is 13.1. The average Bonchev–Trinajstić information content (AvgIpc) is 2.73. The van der Waals surface area contributed by atoms with Gasteiger partial charge in [0.1, 0.15) is 0 Å². The lowest BCUT2D eigenvalue weighted by molar-refractivity contribution is -0.145. The van der Waals surface area contributed by atoms with Crippen LogP contribution in [0.5, 0.6) is 0 Å². The normalized spacial score (nSPS) is 12.2. The first-order valence-corrected chi connectivity index (χ1v) is 13.1. The van der Waals surface area contributed by atoms with Crippen molar-refractivity contribution < 1.29 is 9.53 Å². The molecule has 0 aromatic heterocycles. The van der Waals surface area contributed by atoms with E-state index in [-0.39, 0.29) is 5.97 Å². The minimum atomic E-state index is 0.0214. The predicted octanol–water partition coefficient (Wildman–Crippen LogP) is 7.82. The lowest BCUT2D eigenvalue weighted by Crippen LogP contribution is -2.16. The molecule has 3 nitrogen and oxygen atoms in total. The first kappa shape index (κ1) is 28.4. The summed E-state index contributed by atoms with van der Waals surface area (Å²) in [4.78, 5) is 12.1. The number of esters is 1. The van der Waals surface area contributed by atoms with Gasteiger partial charge in [-0.05, 0) is 51.1 Å². The van der Waals surface area contributed by atoms with Crippen LogP contribution in [-0.2, 0) is 9.53 Å². The standard InChI is InChI=1S/C26H53NO2/c1-4-7-10-15-20-25(19-14-9-6-3)24-29-26(28)21-16-12-13-18-23-27-22-17-11-8-5-2/h25,27H,4-24H2,1-3H3. The molecule has 0 heterocycles. The van der Waals surface area contributed by atoms with Crippen LogP contribution < -0.4 is 5.32 Å². The van der Waals surface area contributed by atoms with Crippen LogP contribution in [0.3, 0.4) is 0 Å². The zero-order chi connectivity index (χ0) is 21.4. The fourth-order valence-corrected chi connectivity index (χ4v) is 3.81. The number of hydrogen-bond donors (Lipinski definition) is 1. The van der Waals surface area contributed by atoms with Crippen molar-refractivity contribution >= 4 is 5.97 Å². The Bertz CT molecular complexity index is 333. The Balaban J connectivity index is 3.65. The molecule has 0 aliphatic carbocycles. The second-order valence-corrected chi connectivity index (χ2v) is 8.87. The van der Waals surface area contributed by atoms with E-state index in [0.717, 1.165) is 25.9 Å². The van der Waals surface area contributed by atoms with Gasteiger partial charge in [-0.2, -0.15) is 0 Å². The molecule has 0 bridgehead atoms. The molecule has 0 rings (SSSR count). The Morgan fingerprint density at radius 2 is 1.14 bits per heavy atom. The maximum atomic E-state index is 12.1. The molecule has 3 heteroatoms. The van der Waals surface area contributed by atoms with Crippen molar-refractivity contribution in [2.75, 3.05) is 19.7 Å². The molecule has 0 aliphatic rings. The maximum Gasteiger partial charge on any atom is 0.305 e. The smallest absolute Gasteiger partial charge is 0.305 e. The van der Waals surface area contributed by atoms with Gasteiger partial charge in [0.05, 0.1) is 6.61 Å². The van der Waals surface area contributed by atoms with Crippen LogP contribution in [0.15, 0.2) is 0 Å². The van der Waals surface area contributed by atoms with Crippen LogP contribution in [0.4, 0.5) is 0 Å². The highest BCUT2D eigenvalue weighted by molar-refractivity contribution is 5.69. The zero-order valence-corrected chi connectivity index (χ0v) is 20.2. The fourth-order valence-electron chi connectivity index (χ4n) is 3.81. The summed E-state index contributed by atoms with van der Waals surface area (Å²) in [6.45, 7) is 9.68. The summed E-state index contributed by atoms with van der Waals surface area (Å²) in [5, 5.41) is 3.53. The Morgan fingerprint density at radius 1 is 0.655 bits per heavy atom. The van der Waals surface area contributed by atoms with E-state index in [1.807, 2.05) is 0 Å². The van der Waals surface area contributed by atoms with Gasteiger partial charge in [0, 0.05) is 6.42 Å². The molecule has 0 saturated heterocycles. The first-order chi connectivity index (χ1) is 14.2. The number of ether oxygens (including phenoxy) is 1. The average molecular weight is 412 g/mol. The van der Waals surface area contributed by atoms with E-state index in [2.05, 4.69) is 26.1 Å². The largest absolute Gasteiger partial charge is 0.465 e. The Morgan fingerprint density at radius 3 is 1.76 bits per heavy atom. The van der Waals surface area contributed by atoms with Crippen molar-refractivity contribution in [3.05, 3.63) is 0 Å². The highest BCUT2D eigenvalue weighted by atomic mass is 16.5. The minimum Gasteiger partial charge on any atom is -0.465 e. The van der Waals surface area contributed by atoms with Gasteiger partial charge in [-0.3, -0.25) is 4.79 Å². The van der Waals surface area contributed by atoms with E-state index < -0.39 is 0 Å². The zero-order valence-electron chi connectivity index (χ0n) is 20.2. The van der Waals surface area contributed by atoms with E-state index >= 15 is 0 Å². The summed E-state index contributed by atoms with van der Waals surface area (Å²) in [5.74, 6) is 0.596. The Hall–Kier alpha value is -0.570. The molecule has 0 aromatic carbocycles. The fraction of sp³-hybridized carbons (Fsp3) is 0.962. The molecule has 1 N–H and O–H groups in total. The molecule has 0 radical (unpaired) electrons. The number of nitrogens with one attached hydrogen (secondary N) is 1. The topological polar surface area (TPSA) is 38.3 Å². The van der Waals surface area contributed by atoms with E-state index in [4.69, 9.17) is 4.74 Å². The van der Waals surface area contributed by atoms with Gasteiger partial charge in [0.25, 0.3) is 0 Å². The number of carbonyl (C=O) groups excluding carboxylic acids is 1. The van der Waals surface area contributed by atoms with E-state index in [1.165, 1.54) is 96.3 Å². The third kappa shape index (κ3) is 21.9. The van der Waals surface area contributed by atoms with Crippen molar-refractivity contribution in [1.29, 1.82) is 0 Å². The van der Waals surface area contributed by atoms with Crippen LogP contribution in [0.2, 0.25) is 0 Å². The highest BCUT2D eigenvalue weighted by Gasteiger charge is 2.12. The summed E-state index contributed by atoms with van der Waals surface area (Å²) >= 11 is 0. The van der Waals surface area contributed by atoms with Crippen molar-refractivity contribution in [3.8, 4) is 0 Å². The summed E-state index contributed by atoms with van der Waals surface area (Å²) < 4.78 is 5.63. The molecule has 174 valence electrons. The third-order valence-corrected chi connectivity index (χ3v) is 5.85. The minimum absolute atomic E-state index is 0.0214. The number of carbonyl (C=O) groups is 1. The van der Waals surface area contributed by atoms with Gasteiger partial charge in [-0.25, -0.2) is 0 Å². The molecule has 1 atom stereocenters. The van der Waals surface area contributed by atoms with Crippen molar-refractivity contribution in [1.82, 2.24) is 5.32 Å². The van der Waals surface area contributed by atoms with Crippen molar-refractivity contribution in [3.63, 3.8) is 0 Å². The van der Waals surface area contributed by atoms with Crippen LogP contribution in [0.25, 0.3) is 0 Å². The van der Waals surface area contributed by atoms with Gasteiger partial charge in [0.2, 0.25) is 0 Å². The quantitative estimate of drug-likeness (QED) is 0.138. The maximum absolute atomic E-state index is 12.1. The van der Waals surface area contributed by atoms with Crippen LogP contribution in [0, 0.1) is 5.92 Å². The third-order valence-electron chi connectivity index (χ3n) is 5.85. The Kier molecular flexibility index (Phi) is 23.2. The van der Waals surface area contributed by atoms with Gasteiger partial charge in [0.15, 0.2) is 0 Å². The summed E-state index contributed by atoms with van der Waals surface area (Å²) in [5.41, 5.74) is 0. The molecule has 29 heavy (non-hydrogen) atoms. The van der Waals surface area contributed by atoms with Crippen molar-refractivity contribution in [2.45, 2.75) is 136 Å². The molecule has 0 aliphatic heterocycles. The summed E-state index contributed by atoms with van der Waals surface area (Å²) in [6.07, 6.45) is 22.0. The van der Waals surface area contributed by atoms with Gasteiger partial charge >= 0.3 is 5.97 Å². The lowest BCUT2D eigenvalue weighted by Gasteiger charge is -2.17. The Labute approximate surface area is 183 Å². The van der Waals surface area contributed by atoms with E-state index in [9.17, 15) is 4.79 Å². The van der Waals surface area contributed by atoms with Crippen molar-refractivity contribution in [2.24, 2.45) is 5.92 Å².